The van der Waals surface area contributed by atoms with Crippen LogP contribution in [0.3, 0.4) is 0 Å². The van der Waals surface area contributed by atoms with Crippen molar-refractivity contribution in [1.82, 2.24) is 0 Å². The molecule has 0 bridgehead atoms. The molecule has 0 unspecified atom stereocenters. The van der Waals surface area contributed by atoms with Gasteiger partial charge in [-0.15, -0.1) is 0 Å². The summed E-state index contributed by atoms with van der Waals surface area (Å²) in [6.07, 6.45) is 5.33. The minimum absolute atomic E-state index is 0. The Morgan fingerprint density at radius 2 is 0.722 bits per heavy atom. The normalized spacial score (nSPS) is 8.67. The van der Waals surface area contributed by atoms with Crippen LogP contribution in [0.4, 0.5) is 0 Å². The molecule has 18 heavy (non-hydrogen) atoms. The van der Waals surface area contributed by atoms with E-state index < -0.39 is 0 Å². The van der Waals surface area contributed by atoms with Gasteiger partial charge in [-0.2, -0.15) is 0 Å². The van der Waals surface area contributed by atoms with Gasteiger partial charge in [0, 0.05) is 0 Å². The smallest absolute Gasteiger partial charge is 2.00 e. The second kappa shape index (κ2) is 22.6. The molecule has 0 aromatic heterocycles. The van der Waals surface area contributed by atoms with Crippen LogP contribution in [0, 0.1) is 0 Å². The summed E-state index contributed by atoms with van der Waals surface area (Å²) in [5, 5.41) is 0. The largest absolute Gasteiger partial charge is 6.00 e. The average molecular weight is 352 g/mol. The van der Waals surface area contributed by atoms with Crippen LogP contribution in [0.25, 0.3) is 0 Å². The average Bonchev–Trinajstić information content (AvgIpc) is 2.06. The van der Waals surface area contributed by atoms with Crippen molar-refractivity contribution in [2.24, 2.45) is 0 Å². The summed E-state index contributed by atoms with van der Waals surface area (Å²) in [6.45, 7) is 14.8. The number of rotatable bonds is 8. The molecule has 5 nitrogen and oxygen atoms in total. The van der Waals surface area contributed by atoms with Crippen LogP contribution in [0.5, 0.6) is 0 Å². The zero-order chi connectivity index (χ0) is 10.2. The van der Waals surface area contributed by atoms with Crippen LogP contribution < -0.4 is 0 Å². The minimum Gasteiger partial charge on any atom is -2.00 e. The first-order valence-electron chi connectivity index (χ1n) is 6.09. The van der Waals surface area contributed by atoms with E-state index in [0.29, 0.717) is 0 Å². The Hall–Kier alpha value is 0.423. The molecule has 0 aliphatic carbocycles. The Kier molecular flexibility index (Phi) is 45.5. The molecular weight excluding hydrogens is 323 g/mol. The van der Waals surface area contributed by atoms with Crippen molar-refractivity contribution in [3.8, 4) is 0 Å². The molecule has 0 atom stereocenters. The Labute approximate surface area is 126 Å². The Balaban J connectivity index is -0.0000000720. The van der Waals surface area contributed by atoms with Gasteiger partial charge in [0.15, 0.2) is 0 Å². The molecule has 6 heteroatoms. The monoisotopic (exact) mass is 353 g/mol. The van der Waals surface area contributed by atoms with E-state index in [-0.39, 0.29) is 41.4 Å². The standard InChI is InChI=1S/C12H28N.H2O.3O.Ru/c1-5-9-13(10-6-2,11-7-3)12-8-4;;;;;/h5-12H2,1-4H3;1H2;;;;/q+1;;3*-2;+6/p-1. The molecule has 114 valence electrons. The first kappa shape index (κ1) is 36.2. The van der Waals surface area contributed by atoms with E-state index in [1.54, 1.807) is 0 Å². The van der Waals surface area contributed by atoms with E-state index in [1.807, 2.05) is 0 Å². The molecule has 0 saturated carbocycles. The molecule has 0 aliphatic heterocycles. The summed E-state index contributed by atoms with van der Waals surface area (Å²) in [5.41, 5.74) is 0. The van der Waals surface area contributed by atoms with Gasteiger partial charge in [-0.3, -0.25) is 0 Å². The van der Waals surface area contributed by atoms with Crippen molar-refractivity contribution in [1.29, 1.82) is 0 Å². The van der Waals surface area contributed by atoms with Gasteiger partial charge < -0.3 is 26.4 Å². The van der Waals surface area contributed by atoms with Crippen molar-refractivity contribution >= 4 is 0 Å². The topological polar surface area (TPSA) is 116 Å². The first-order chi connectivity index (χ1) is 6.24. The molecule has 0 aromatic rings. The summed E-state index contributed by atoms with van der Waals surface area (Å²) >= 11 is 0. The van der Waals surface area contributed by atoms with Crippen LogP contribution in [0.15, 0.2) is 0 Å². The molecule has 0 aromatic carbocycles. The molecule has 0 aliphatic rings. The van der Waals surface area contributed by atoms with Gasteiger partial charge in [0.1, 0.15) is 0 Å². The van der Waals surface area contributed by atoms with E-state index in [9.17, 15) is 0 Å². The Bertz CT molecular complexity index is 99.1. The van der Waals surface area contributed by atoms with Gasteiger partial charge in [0.25, 0.3) is 0 Å². The van der Waals surface area contributed by atoms with Crippen LogP contribution in [0.2, 0.25) is 0 Å². The molecule has 0 saturated heterocycles. The van der Waals surface area contributed by atoms with Crippen LogP contribution in [-0.2, 0) is 35.9 Å². The van der Waals surface area contributed by atoms with Gasteiger partial charge in [-0.25, -0.2) is 0 Å². The van der Waals surface area contributed by atoms with E-state index >= 15 is 0 Å². The quantitative estimate of drug-likeness (QED) is 0.485. The third kappa shape index (κ3) is 14.5. The maximum absolute atomic E-state index is 2.31. The third-order valence-corrected chi connectivity index (χ3v) is 2.79. The zero-order valence-electron chi connectivity index (χ0n) is 12.1. The number of quaternary nitrogens is 1. The van der Waals surface area contributed by atoms with E-state index in [0.717, 1.165) is 0 Å². The van der Waals surface area contributed by atoms with Crippen molar-refractivity contribution in [3.05, 3.63) is 0 Å². The van der Waals surface area contributed by atoms with Gasteiger partial charge >= 0.3 is 19.5 Å². The molecule has 0 amide bonds. The number of hydrogen-bond acceptors (Lipinski definition) is 1. The molecule has 0 fully saturated rings. The van der Waals surface area contributed by atoms with Gasteiger partial charge in [-0.05, 0) is 25.7 Å². The first-order valence-corrected chi connectivity index (χ1v) is 6.09. The summed E-state index contributed by atoms with van der Waals surface area (Å²) < 4.78 is 1.38. The van der Waals surface area contributed by atoms with Crippen LogP contribution in [0.1, 0.15) is 53.4 Å². The molecule has 0 radical (unpaired) electrons. The predicted octanol–water partition coefficient (Wildman–Crippen LogP) is 2.91. The Morgan fingerprint density at radius 3 is 0.833 bits per heavy atom. The second-order valence-corrected chi connectivity index (χ2v) is 4.24. The summed E-state index contributed by atoms with van der Waals surface area (Å²) in [4.78, 5) is 0. The van der Waals surface area contributed by atoms with E-state index in [4.69, 9.17) is 0 Å². The number of hydrogen-bond donors (Lipinski definition) is 0. The molecule has 0 heterocycles. The molecule has 1 N–H and O–H groups in total. The zero-order valence-corrected chi connectivity index (χ0v) is 13.9. The van der Waals surface area contributed by atoms with Gasteiger partial charge in [0.2, 0.25) is 0 Å². The maximum Gasteiger partial charge on any atom is 6.00 e. The van der Waals surface area contributed by atoms with Crippen LogP contribution >= 0.6 is 0 Å². The fourth-order valence-corrected chi connectivity index (χ4v) is 2.57. The minimum atomic E-state index is 0. The number of nitrogens with zero attached hydrogens (tertiary/aromatic N) is 1. The van der Waals surface area contributed by atoms with E-state index in [2.05, 4.69) is 27.7 Å². The van der Waals surface area contributed by atoms with Gasteiger partial charge in [-0.1, -0.05) is 27.7 Å². The Morgan fingerprint density at radius 1 is 0.556 bits per heavy atom. The van der Waals surface area contributed by atoms with Crippen molar-refractivity contribution < 1.29 is 45.9 Å². The SMILES string of the molecule is CCC[N+](CCC)(CCC)CCC.[O-2].[O-2].[O-2].[OH-].[Ru+6]. The predicted molar refractivity (Wildman–Crippen MR) is 64.9 cm³/mol. The summed E-state index contributed by atoms with van der Waals surface area (Å²) in [6, 6.07) is 0. The maximum atomic E-state index is 2.31. The van der Waals surface area contributed by atoms with E-state index in [1.165, 1.54) is 56.3 Å². The fraction of sp³-hybridized carbons (Fsp3) is 1.00. The summed E-state index contributed by atoms with van der Waals surface area (Å²) in [5.74, 6) is 0. The molecule has 0 spiro atoms. The molecule has 0 rings (SSSR count). The van der Waals surface area contributed by atoms with Crippen molar-refractivity contribution in [2.45, 2.75) is 53.4 Å². The fourth-order valence-electron chi connectivity index (χ4n) is 2.57. The van der Waals surface area contributed by atoms with Crippen molar-refractivity contribution in [2.75, 3.05) is 26.2 Å². The van der Waals surface area contributed by atoms with Crippen LogP contribution in [-0.4, -0.2) is 36.1 Å². The molecular formula is C12H29NO4Ru. The summed E-state index contributed by atoms with van der Waals surface area (Å²) in [7, 11) is 0. The third-order valence-electron chi connectivity index (χ3n) is 2.79. The van der Waals surface area contributed by atoms with Gasteiger partial charge in [0.05, 0.1) is 26.2 Å². The van der Waals surface area contributed by atoms with Crippen molar-refractivity contribution in [3.63, 3.8) is 0 Å². The second-order valence-electron chi connectivity index (χ2n) is 4.24.